The lowest BCUT2D eigenvalue weighted by Crippen LogP contribution is -2.53. The van der Waals surface area contributed by atoms with E-state index in [9.17, 15) is 28.4 Å². The molecule has 1 atom stereocenters. The molecular formula is C21H24FN5O5. The average Bonchev–Trinajstić information content (AvgIpc) is 3.15. The molecule has 1 aromatic rings. The van der Waals surface area contributed by atoms with Gasteiger partial charge < -0.3 is 10.6 Å². The Kier molecular flexibility index (Phi) is 5.35. The second-order valence-corrected chi connectivity index (χ2v) is 8.34. The van der Waals surface area contributed by atoms with Gasteiger partial charge in [0, 0.05) is 0 Å². The van der Waals surface area contributed by atoms with E-state index in [4.69, 9.17) is 0 Å². The van der Waals surface area contributed by atoms with E-state index < -0.39 is 53.2 Å². The number of benzene rings is 1. The van der Waals surface area contributed by atoms with Crippen LogP contribution in [0.25, 0.3) is 0 Å². The highest BCUT2D eigenvalue weighted by atomic mass is 19.1. The fourth-order valence-electron chi connectivity index (χ4n) is 4.66. The van der Waals surface area contributed by atoms with Crippen LogP contribution < -0.4 is 16.1 Å². The van der Waals surface area contributed by atoms with E-state index in [0.717, 1.165) is 24.2 Å². The van der Waals surface area contributed by atoms with E-state index >= 15 is 0 Å². The van der Waals surface area contributed by atoms with Crippen LogP contribution in [0.15, 0.2) is 24.3 Å². The minimum Gasteiger partial charge on any atom is -0.322 e. The number of carbonyl (C=O) groups is 5. The third-order valence-corrected chi connectivity index (χ3v) is 6.45. The molecule has 2 aliphatic heterocycles. The molecule has 10 nitrogen and oxygen atoms in total. The zero-order chi connectivity index (χ0) is 23.1. The van der Waals surface area contributed by atoms with Crippen molar-refractivity contribution in [1.29, 1.82) is 0 Å². The lowest BCUT2D eigenvalue weighted by molar-refractivity contribution is -0.141. The molecule has 3 aliphatic rings. The maximum atomic E-state index is 13.3. The van der Waals surface area contributed by atoms with Crippen molar-refractivity contribution in [2.75, 3.05) is 6.54 Å². The predicted molar refractivity (Wildman–Crippen MR) is 108 cm³/mol. The van der Waals surface area contributed by atoms with Gasteiger partial charge in [0.25, 0.3) is 17.7 Å². The van der Waals surface area contributed by atoms with Crippen molar-refractivity contribution in [3.05, 3.63) is 35.6 Å². The van der Waals surface area contributed by atoms with Crippen LogP contribution in [0, 0.1) is 5.82 Å². The molecule has 0 radical (unpaired) electrons. The molecule has 170 valence electrons. The number of nitrogens with zero attached hydrogens (tertiary/aromatic N) is 2. The van der Waals surface area contributed by atoms with Crippen LogP contribution in [0.3, 0.4) is 0 Å². The number of carbonyl (C=O) groups excluding carboxylic acids is 5. The first-order valence-electron chi connectivity index (χ1n) is 10.6. The lowest BCUT2D eigenvalue weighted by atomic mass is 9.82. The molecule has 2 saturated heterocycles. The number of imide groups is 2. The number of hydrogen-bond donors (Lipinski definition) is 3. The Bertz CT molecular complexity index is 991. The number of hydrazine groups is 1. The van der Waals surface area contributed by atoms with Gasteiger partial charge >= 0.3 is 12.1 Å². The van der Waals surface area contributed by atoms with Gasteiger partial charge in [0.15, 0.2) is 0 Å². The van der Waals surface area contributed by atoms with Gasteiger partial charge in [-0.25, -0.2) is 14.0 Å². The van der Waals surface area contributed by atoms with Crippen molar-refractivity contribution < 1.29 is 28.4 Å². The second kappa shape index (κ2) is 7.88. The second-order valence-electron chi connectivity index (χ2n) is 8.34. The average molecular weight is 445 g/mol. The van der Waals surface area contributed by atoms with E-state index in [1.165, 1.54) is 24.3 Å². The summed E-state index contributed by atoms with van der Waals surface area (Å²) in [7, 11) is 0. The predicted octanol–water partition coefficient (Wildman–Crippen LogP) is 1.27. The zero-order valence-corrected chi connectivity index (χ0v) is 17.6. The Morgan fingerprint density at radius 1 is 1.00 bits per heavy atom. The number of rotatable bonds is 5. The molecule has 7 amide bonds. The van der Waals surface area contributed by atoms with Gasteiger partial charge in [-0.3, -0.25) is 24.7 Å². The van der Waals surface area contributed by atoms with Crippen molar-refractivity contribution >= 4 is 29.8 Å². The van der Waals surface area contributed by atoms with Gasteiger partial charge in [-0.1, -0.05) is 38.3 Å². The van der Waals surface area contributed by atoms with Crippen LogP contribution in [-0.4, -0.2) is 51.8 Å². The molecule has 0 bridgehead atoms. The first-order chi connectivity index (χ1) is 15.2. The largest absolute Gasteiger partial charge is 0.344 e. The van der Waals surface area contributed by atoms with Gasteiger partial charge in [-0.15, -0.1) is 0 Å². The van der Waals surface area contributed by atoms with E-state index in [2.05, 4.69) is 16.1 Å². The number of halogens is 1. The summed E-state index contributed by atoms with van der Waals surface area (Å²) in [4.78, 5) is 64.0. The Morgan fingerprint density at radius 3 is 2.28 bits per heavy atom. The zero-order valence-electron chi connectivity index (χ0n) is 17.6. The maximum absolute atomic E-state index is 13.3. The molecular weight excluding hydrogens is 421 g/mol. The van der Waals surface area contributed by atoms with Crippen molar-refractivity contribution in [2.45, 2.75) is 56.5 Å². The first kappa shape index (κ1) is 21.7. The Hall–Kier alpha value is -3.50. The monoisotopic (exact) mass is 445 g/mol. The number of amides is 7. The molecule has 1 aromatic carbocycles. The van der Waals surface area contributed by atoms with E-state index in [0.29, 0.717) is 23.4 Å². The summed E-state index contributed by atoms with van der Waals surface area (Å²) >= 11 is 0. The summed E-state index contributed by atoms with van der Waals surface area (Å²) < 4.78 is 13.3. The van der Waals surface area contributed by atoms with Crippen molar-refractivity contribution in [3.8, 4) is 0 Å². The Balaban J connectivity index is 1.47. The smallest absolute Gasteiger partial charge is 0.322 e. The number of nitrogens with one attached hydrogen (secondary N) is 3. The highest BCUT2D eigenvalue weighted by Gasteiger charge is 2.54. The molecule has 3 N–H and O–H groups in total. The minimum absolute atomic E-state index is 0.177. The van der Waals surface area contributed by atoms with E-state index in [1.807, 2.05) is 0 Å². The van der Waals surface area contributed by atoms with Crippen LogP contribution in [0.1, 0.15) is 51.0 Å². The molecule has 3 fully saturated rings. The summed E-state index contributed by atoms with van der Waals surface area (Å²) in [6.45, 7) is 1.000. The summed E-state index contributed by atoms with van der Waals surface area (Å²) in [6.07, 6.45) is 3.71. The lowest BCUT2D eigenvalue weighted by Gasteiger charge is -2.30. The molecule has 1 spiro atoms. The van der Waals surface area contributed by atoms with Crippen LogP contribution in [0.2, 0.25) is 0 Å². The van der Waals surface area contributed by atoms with Crippen LogP contribution in [0.5, 0.6) is 0 Å². The quantitative estimate of drug-likeness (QED) is 0.588. The number of urea groups is 2. The summed E-state index contributed by atoms with van der Waals surface area (Å²) in [5.74, 6) is -2.57. The Morgan fingerprint density at radius 2 is 1.66 bits per heavy atom. The fraction of sp³-hybridized carbons (Fsp3) is 0.476. The minimum atomic E-state index is -1.43. The van der Waals surface area contributed by atoms with Crippen molar-refractivity contribution in [1.82, 2.24) is 26.0 Å². The SMILES string of the molecule is CCC1(c2ccc(F)cc2)NC(=O)N(CC(=O)NN2C(=O)NC3(CCCCC3)C2=O)C1=O. The first-order valence-corrected chi connectivity index (χ1v) is 10.6. The highest BCUT2D eigenvalue weighted by Crippen LogP contribution is 2.34. The van der Waals surface area contributed by atoms with E-state index in [-0.39, 0.29) is 6.42 Å². The molecule has 1 aliphatic carbocycles. The molecule has 0 aromatic heterocycles. The van der Waals surface area contributed by atoms with Crippen LogP contribution in [-0.2, 0) is 19.9 Å². The summed E-state index contributed by atoms with van der Waals surface area (Å²) in [6, 6.07) is 3.63. The molecule has 2 heterocycles. The standard InChI is InChI=1S/C21H24FN5O5/c1-2-21(13-6-8-14(22)9-7-13)17(30)26(18(31)24-21)12-15(28)25-27-16(29)20(23-19(27)32)10-4-3-5-11-20/h6-9H,2-5,10-12H2,1H3,(H,23,32)(H,24,31)(H,25,28). The molecule has 1 unspecified atom stereocenters. The topological polar surface area (TPSA) is 128 Å². The third kappa shape index (κ3) is 3.37. The van der Waals surface area contributed by atoms with Crippen molar-refractivity contribution in [2.24, 2.45) is 0 Å². The molecule has 1 saturated carbocycles. The Labute approximate surface area is 183 Å². The van der Waals surface area contributed by atoms with Gasteiger partial charge in [-0.2, -0.15) is 5.01 Å². The normalized spacial score (nSPS) is 24.7. The van der Waals surface area contributed by atoms with Crippen molar-refractivity contribution in [3.63, 3.8) is 0 Å². The van der Waals surface area contributed by atoms with Crippen LogP contribution >= 0.6 is 0 Å². The van der Waals surface area contributed by atoms with Crippen LogP contribution in [0.4, 0.5) is 14.0 Å². The van der Waals surface area contributed by atoms with Gasteiger partial charge in [0.1, 0.15) is 23.4 Å². The van der Waals surface area contributed by atoms with Gasteiger partial charge in [-0.05, 0) is 37.0 Å². The third-order valence-electron chi connectivity index (χ3n) is 6.45. The fourth-order valence-corrected chi connectivity index (χ4v) is 4.66. The summed E-state index contributed by atoms with van der Waals surface area (Å²) in [5.41, 5.74) is 0.162. The van der Waals surface area contributed by atoms with E-state index in [1.54, 1.807) is 6.92 Å². The highest BCUT2D eigenvalue weighted by molar-refractivity contribution is 6.11. The van der Waals surface area contributed by atoms with Gasteiger partial charge in [0.05, 0.1) is 0 Å². The number of hydrogen-bond acceptors (Lipinski definition) is 5. The maximum Gasteiger partial charge on any atom is 0.344 e. The molecule has 4 rings (SSSR count). The summed E-state index contributed by atoms with van der Waals surface area (Å²) in [5, 5.41) is 5.88. The molecule has 32 heavy (non-hydrogen) atoms. The molecule has 11 heteroatoms. The van der Waals surface area contributed by atoms with Gasteiger partial charge in [0.2, 0.25) is 0 Å².